The van der Waals surface area contributed by atoms with Gasteiger partial charge in [0.05, 0.1) is 0 Å². The summed E-state index contributed by atoms with van der Waals surface area (Å²) in [6, 6.07) is 3.90. The normalized spacial score (nSPS) is 11.8. The molecule has 1 N–H and O–H groups in total. The summed E-state index contributed by atoms with van der Waals surface area (Å²) in [6.45, 7) is 6.06. The van der Waals surface area contributed by atoms with Gasteiger partial charge in [0.2, 0.25) is 0 Å². The summed E-state index contributed by atoms with van der Waals surface area (Å²) in [5.41, 5.74) is -0.0447. The van der Waals surface area contributed by atoms with Crippen LogP contribution in [0.15, 0.2) is 18.2 Å². The second-order valence-electron chi connectivity index (χ2n) is 4.30. The van der Waals surface area contributed by atoms with E-state index in [4.69, 9.17) is 0 Å². The summed E-state index contributed by atoms with van der Waals surface area (Å²) in [7, 11) is 0. The molecule has 1 aromatic carbocycles. The predicted molar refractivity (Wildman–Crippen MR) is 53.0 cm³/mol. The van der Waals surface area contributed by atoms with E-state index in [-0.39, 0.29) is 17.6 Å². The fourth-order valence-electron chi connectivity index (χ4n) is 1.05. The summed E-state index contributed by atoms with van der Waals surface area (Å²) >= 11 is 0. The molecule has 1 nitrogen and oxygen atoms in total. The summed E-state index contributed by atoms with van der Waals surface area (Å²) < 4.78 is 26.3. The standard InChI is InChI=1S/C11H15F2N/c1-11(2,3)14-7-8-9(12)5-4-6-10(8)13/h4-6,14H,7H2,1-3H3. The predicted octanol–water partition coefficient (Wildman–Crippen LogP) is 2.85. The smallest absolute Gasteiger partial charge is 0.130 e. The zero-order valence-electron chi connectivity index (χ0n) is 8.70. The van der Waals surface area contributed by atoms with Crippen molar-refractivity contribution in [2.45, 2.75) is 32.9 Å². The van der Waals surface area contributed by atoms with Gasteiger partial charge < -0.3 is 5.32 Å². The SMILES string of the molecule is CC(C)(C)NCc1c(F)cccc1F. The Kier molecular flexibility index (Phi) is 3.21. The van der Waals surface area contributed by atoms with Crippen LogP contribution in [0.4, 0.5) is 8.78 Å². The Morgan fingerprint density at radius 3 is 2.07 bits per heavy atom. The monoisotopic (exact) mass is 199 g/mol. The van der Waals surface area contributed by atoms with Gasteiger partial charge in [-0.05, 0) is 32.9 Å². The van der Waals surface area contributed by atoms with Gasteiger partial charge in [-0.3, -0.25) is 0 Å². The van der Waals surface area contributed by atoms with Crippen molar-refractivity contribution in [3.63, 3.8) is 0 Å². The van der Waals surface area contributed by atoms with Gasteiger partial charge in [0.1, 0.15) is 11.6 Å². The zero-order valence-corrected chi connectivity index (χ0v) is 8.70. The van der Waals surface area contributed by atoms with Crippen LogP contribution in [0, 0.1) is 11.6 Å². The molecule has 0 saturated heterocycles. The Hall–Kier alpha value is -0.960. The van der Waals surface area contributed by atoms with Gasteiger partial charge in [-0.25, -0.2) is 8.78 Å². The fourth-order valence-corrected chi connectivity index (χ4v) is 1.05. The van der Waals surface area contributed by atoms with Gasteiger partial charge in [0.15, 0.2) is 0 Å². The third-order valence-electron chi connectivity index (χ3n) is 1.86. The first-order valence-electron chi connectivity index (χ1n) is 4.58. The Labute approximate surface area is 83.1 Å². The third kappa shape index (κ3) is 3.07. The second-order valence-corrected chi connectivity index (χ2v) is 4.30. The van der Waals surface area contributed by atoms with E-state index < -0.39 is 11.6 Å². The van der Waals surface area contributed by atoms with E-state index >= 15 is 0 Å². The number of hydrogen-bond donors (Lipinski definition) is 1. The molecule has 0 fully saturated rings. The van der Waals surface area contributed by atoms with Crippen molar-refractivity contribution in [1.29, 1.82) is 0 Å². The number of rotatable bonds is 2. The van der Waals surface area contributed by atoms with Crippen molar-refractivity contribution in [3.05, 3.63) is 35.4 Å². The van der Waals surface area contributed by atoms with Gasteiger partial charge in [0, 0.05) is 17.6 Å². The minimum Gasteiger partial charge on any atom is -0.308 e. The molecule has 0 unspecified atom stereocenters. The van der Waals surface area contributed by atoms with E-state index in [1.165, 1.54) is 18.2 Å². The molecule has 0 aromatic heterocycles. The quantitative estimate of drug-likeness (QED) is 0.772. The van der Waals surface area contributed by atoms with E-state index in [2.05, 4.69) is 5.32 Å². The van der Waals surface area contributed by atoms with Gasteiger partial charge in [-0.15, -0.1) is 0 Å². The van der Waals surface area contributed by atoms with E-state index in [1.807, 2.05) is 20.8 Å². The Bertz CT molecular complexity index is 295. The molecule has 14 heavy (non-hydrogen) atoms. The molecule has 78 valence electrons. The fraction of sp³-hybridized carbons (Fsp3) is 0.455. The highest BCUT2D eigenvalue weighted by Crippen LogP contribution is 2.12. The van der Waals surface area contributed by atoms with Gasteiger partial charge in [0.25, 0.3) is 0 Å². The van der Waals surface area contributed by atoms with Crippen molar-refractivity contribution >= 4 is 0 Å². The minimum atomic E-state index is -0.498. The average molecular weight is 199 g/mol. The van der Waals surface area contributed by atoms with E-state index in [9.17, 15) is 8.78 Å². The number of nitrogens with one attached hydrogen (secondary N) is 1. The molecule has 0 radical (unpaired) electrons. The van der Waals surface area contributed by atoms with E-state index in [0.29, 0.717) is 0 Å². The molecule has 0 atom stereocenters. The maximum Gasteiger partial charge on any atom is 0.130 e. The summed E-state index contributed by atoms with van der Waals surface area (Å²) in [5.74, 6) is -0.997. The average Bonchev–Trinajstić information content (AvgIpc) is 2.01. The zero-order chi connectivity index (χ0) is 10.8. The van der Waals surface area contributed by atoms with Gasteiger partial charge in [-0.2, -0.15) is 0 Å². The lowest BCUT2D eigenvalue weighted by Crippen LogP contribution is -2.35. The molecule has 1 aromatic rings. The van der Waals surface area contributed by atoms with Crippen molar-refractivity contribution in [2.75, 3.05) is 0 Å². The topological polar surface area (TPSA) is 12.0 Å². The van der Waals surface area contributed by atoms with Crippen LogP contribution in [0.25, 0.3) is 0 Å². The first-order valence-corrected chi connectivity index (χ1v) is 4.58. The van der Waals surface area contributed by atoms with Crippen LogP contribution >= 0.6 is 0 Å². The second kappa shape index (κ2) is 4.05. The van der Waals surface area contributed by atoms with Crippen LogP contribution in [-0.2, 0) is 6.54 Å². The van der Waals surface area contributed by atoms with Crippen LogP contribution in [0.1, 0.15) is 26.3 Å². The molecule has 3 heteroatoms. The molecule has 0 aliphatic carbocycles. The Balaban J connectivity index is 2.77. The first kappa shape index (κ1) is 11.1. The maximum atomic E-state index is 13.1. The lowest BCUT2D eigenvalue weighted by Gasteiger charge is -2.20. The van der Waals surface area contributed by atoms with E-state index in [1.54, 1.807) is 0 Å². The van der Waals surface area contributed by atoms with Gasteiger partial charge >= 0.3 is 0 Å². The molecule has 1 rings (SSSR count). The van der Waals surface area contributed by atoms with Crippen LogP contribution < -0.4 is 5.32 Å². The molecule has 0 spiro atoms. The third-order valence-corrected chi connectivity index (χ3v) is 1.86. The van der Waals surface area contributed by atoms with Crippen molar-refractivity contribution in [1.82, 2.24) is 5.32 Å². The van der Waals surface area contributed by atoms with Gasteiger partial charge in [-0.1, -0.05) is 6.07 Å². The molecular weight excluding hydrogens is 184 g/mol. The molecule has 0 saturated carbocycles. The molecule has 0 bridgehead atoms. The maximum absolute atomic E-state index is 13.1. The first-order chi connectivity index (χ1) is 6.40. The molecule has 0 aliphatic heterocycles. The van der Waals surface area contributed by atoms with Crippen molar-refractivity contribution < 1.29 is 8.78 Å². The lowest BCUT2D eigenvalue weighted by atomic mass is 10.1. The Morgan fingerprint density at radius 1 is 1.14 bits per heavy atom. The highest BCUT2D eigenvalue weighted by Gasteiger charge is 2.13. The van der Waals surface area contributed by atoms with Crippen LogP contribution in [0.2, 0.25) is 0 Å². The van der Waals surface area contributed by atoms with Crippen LogP contribution in [0.5, 0.6) is 0 Å². The van der Waals surface area contributed by atoms with E-state index in [0.717, 1.165) is 0 Å². The molecule has 0 aliphatic rings. The number of benzene rings is 1. The van der Waals surface area contributed by atoms with Crippen molar-refractivity contribution in [2.24, 2.45) is 0 Å². The summed E-state index contributed by atoms with van der Waals surface area (Å²) in [6.07, 6.45) is 0. The number of halogens is 2. The summed E-state index contributed by atoms with van der Waals surface area (Å²) in [5, 5.41) is 3.04. The molecule has 0 amide bonds. The summed E-state index contributed by atoms with van der Waals surface area (Å²) in [4.78, 5) is 0. The highest BCUT2D eigenvalue weighted by molar-refractivity contribution is 5.19. The van der Waals surface area contributed by atoms with Crippen LogP contribution in [-0.4, -0.2) is 5.54 Å². The minimum absolute atomic E-state index is 0.0995. The molecular formula is C11H15F2N. The van der Waals surface area contributed by atoms with Crippen LogP contribution in [0.3, 0.4) is 0 Å². The highest BCUT2D eigenvalue weighted by atomic mass is 19.1. The largest absolute Gasteiger partial charge is 0.308 e. The Morgan fingerprint density at radius 2 is 1.64 bits per heavy atom. The number of hydrogen-bond acceptors (Lipinski definition) is 1. The van der Waals surface area contributed by atoms with Crippen molar-refractivity contribution in [3.8, 4) is 0 Å². The molecule has 0 heterocycles. The lowest BCUT2D eigenvalue weighted by molar-refractivity contribution is 0.411.